The van der Waals surface area contributed by atoms with E-state index in [0.29, 0.717) is 16.8 Å². The van der Waals surface area contributed by atoms with Crippen molar-refractivity contribution in [2.24, 2.45) is 0 Å². The molecule has 0 radical (unpaired) electrons. The lowest BCUT2D eigenvalue weighted by molar-refractivity contribution is 0.669. The van der Waals surface area contributed by atoms with E-state index < -0.39 is 6.85 Å². The van der Waals surface area contributed by atoms with Gasteiger partial charge in [0.1, 0.15) is 11.2 Å². The summed E-state index contributed by atoms with van der Waals surface area (Å²) in [6.45, 7) is -0.284. The Bertz CT molecular complexity index is 1110. The van der Waals surface area contributed by atoms with Crippen LogP contribution in [0.25, 0.3) is 33.2 Å². The van der Waals surface area contributed by atoms with Gasteiger partial charge in [0, 0.05) is 26.6 Å². The van der Waals surface area contributed by atoms with Crippen LogP contribution in [0.2, 0.25) is 0 Å². The molecule has 0 N–H and O–H groups in total. The Labute approximate surface area is 128 Å². The zero-order chi connectivity index (χ0) is 17.8. The van der Waals surface area contributed by atoms with Crippen LogP contribution < -0.4 is 0 Å². The first-order valence-corrected chi connectivity index (χ1v) is 6.74. The Morgan fingerprint density at radius 1 is 1.05 bits per heavy atom. The molecule has 0 fully saturated rings. The maximum Gasteiger partial charge on any atom is 0.144 e. The first kappa shape index (κ1) is 8.63. The molecule has 2 aromatic carbocycles. The van der Waals surface area contributed by atoms with Crippen molar-refractivity contribution in [3.05, 3.63) is 65.8 Å². The van der Waals surface area contributed by atoms with E-state index in [1.807, 2.05) is 43.3 Å². The predicted molar refractivity (Wildman–Crippen MR) is 86.4 cm³/mol. The normalized spacial score (nSPS) is 14.7. The van der Waals surface area contributed by atoms with Gasteiger partial charge < -0.3 is 4.42 Å². The van der Waals surface area contributed by atoms with Crippen LogP contribution >= 0.6 is 0 Å². The highest BCUT2D eigenvalue weighted by Crippen LogP contribution is 2.35. The van der Waals surface area contributed by atoms with Crippen LogP contribution in [0.1, 0.15) is 16.6 Å². The van der Waals surface area contributed by atoms with Gasteiger partial charge in [-0.2, -0.15) is 0 Å². The number of hydrogen-bond acceptors (Lipinski definition) is 2. The molecule has 0 unspecified atom stereocenters. The van der Waals surface area contributed by atoms with Gasteiger partial charge in [0.15, 0.2) is 0 Å². The van der Waals surface area contributed by atoms with Crippen molar-refractivity contribution in [2.45, 2.75) is 13.8 Å². The largest absolute Gasteiger partial charge is 0.455 e. The molecule has 4 aromatic rings. The van der Waals surface area contributed by atoms with Gasteiger partial charge in [-0.05, 0) is 49.2 Å². The number of aromatic nitrogens is 1. The Balaban J connectivity index is 2.02. The molecule has 2 nitrogen and oxygen atoms in total. The third kappa shape index (κ3) is 1.91. The molecule has 0 spiro atoms. The number of aryl methyl sites for hydroxylation is 2. The van der Waals surface area contributed by atoms with Gasteiger partial charge in [-0.15, -0.1) is 0 Å². The lowest BCUT2D eigenvalue weighted by Gasteiger charge is -2.02. The summed E-state index contributed by atoms with van der Waals surface area (Å²) < 4.78 is 36.7. The van der Waals surface area contributed by atoms with Crippen molar-refractivity contribution >= 4 is 21.9 Å². The van der Waals surface area contributed by atoms with E-state index in [9.17, 15) is 0 Å². The molecule has 21 heavy (non-hydrogen) atoms. The number of rotatable bonds is 1. The molecule has 2 heteroatoms. The fourth-order valence-corrected chi connectivity index (χ4v) is 2.64. The molecule has 0 bridgehead atoms. The van der Waals surface area contributed by atoms with E-state index in [1.54, 1.807) is 0 Å². The number of furan rings is 1. The number of nitrogens with zero attached hydrogens (tertiary/aromatic N) is 1. The van der Waals surface area contributed by atoms with E-state index in [-0.39, 0.29) is 11.7 Å². The smallest absolute Gasteiger partial charge is 0.144 e. The van der Waals surface area contributed by atoms with Crippen molar-refractivity contribution in [2.75, 3.05) is 0 Å². The van der Waals surface area contributed by atoms with E-state index >= 15 is 0 Å². The van der Waals surface area contributed by atoms with Crippen molar-refractivity contribution in [3.8, 4) is 11.3 Å². The first-order chi connectivity index (χ1) is 11.8. The van der Waals surface area contributed by atoms with Gasteiger partial charge in [-0.1, -0.05) is 24.3 Å². The van der Waals surface area contributed by atoms with E-state index in [2.05, 4.69) is 4.98 Å². The molecule has 2 heterocycles. The number of fused-ring (bicyclic) bond motifs is 3. The third-order valence-electron chi connectivity index (χ3n) is 3.63. The van der Waals surface area contributed by atoms with Gasteiger partial charge in [-0.25, -0.2) is 0 Å². The summed E-state index contributed by atoms with van der Waals surface area (Å²) >= 11 is 0. The topological polar surface area (TPSA) is 26.0 Å². The van der Waals surface area contributed by atoms with Crippen LogP contribution in [0.5, 0.6) is 0 Å². The lowest BCUT2D eigenvalue weighted by Crippen LogP contribution is -1.84. The maximum atomic E-state index is 7.86. The summed E-state index contributed by atoms with van der Waals surface area (Å²) in [5.74, 6) is 0. The highest BCUT2D eigenvalue weighted by Gasteiger charge is 2.12. The quantitative estimate of drug-likeness (QED) is 0.474. The second-order valence-electron chi connectivity index (χ2n) is 5.15. The van der Waals surface area contributed by atoms with Crippen molar-refractivity contribution in [1.29, 1.82) is 0 Å². The molecule has 102 valence electrons. The molecule has 4 rings (SSSR count). The molecule has 0 saturated heterocycles. The second kappa shape index (κ2) is 4.45. The molecule has 0 atom stereocenters. The minimum atomic E-state index is -2.29. The summed E-state index contributed by atoms with van der Waals surface area (Å²) in [7, 11) is 0. The highest BCUT2D eigenvalue weighted by atomic mass is 16.3. The summed E-state index contributed by atoms with van der Waals surface area (Å²) in [6.07, 6.45) is -0.0763. The van der Waals surface area contributed by atoms with Crippen molar-refractivity contribution in [1.82, 2.24) is 4.98 Å². The summed E-state index contributed by atoms with van der Waals surface area (Å²) in [6, 6.07) is 14.5. The zero-order valence-corrected chi connectivity index (χ0v) is 11.5. The molecular weight excluding hydrogens is 258 g/mol. The summed E-state index contributed by atoms with van der Waals surface area (Å²) in [5, 5.41) is 1.95. The van der Waals surface area contributed by atoms with Crippen LogP contribution in [0.3, 0.4) is 0 Å². The van der Waals surface area contributed by atoms with Gasteiger partial charge in [-0.3, -0.25) is 4.98 Å². The maximum absolute atomic E-state index is 7.86. The molecular formula is C19H15NO. The van der Waals surface area contributed by atoms with Crippen LogP contribution in [0.15, 0.2) is 59.1 Å². The minimum absolute atomic E-state index is 0.0763. The standard InChI is InChI=1S/C19H15NO/c1-12-6-7-14-15-4-3-5-16(19(15)21-18(14)11-12)17-10-13(2)8-9-20-17/h3-11H,1-2H3/i2D3,9D. The average Bonchev–Trinajstić information content (AvgIpc) is 2.90. The van der Waals surface area contributed by atoms with Gasteiger partial charge in [0.05, 0.1) is 7.06 Å². The average molecular weight is 277 g/mol. The van der Waals surface area contributed by atoms with Gasteiger partial charge in [0.2, 0.25) is 0 Å². The monoisotopic (exact) mass is 277 g/mol. The third-order valence-corrected chi connectivity index (χ3v) is 3.63. The molecule has 0 amide bonds. The Hall–Kier alpha value is -2.61. The Morgan fingerprint density at radius 2 is 2.00 bits per heavy atom. The van der Waals surface area contributed by atoms with E-state index in [0.717, 1.165) is 21.9 Å². The molecule has 0 saturated carbocycles. The zero-order valence-electron chi connectivity index (χ0n) is 15.5. The lowest BCUT2D eigenvalue weighted by atomic mass is 10.0. The summed E-state index contributed by atoms with van der Waals surface area (Å²) in [5.41, 5.74) is 3.75. The Morgan fingerprint density at radius 3 is 2.90 bits per heavy atom. The first-order valence-electron chi connectivity index (χ1n) is 8.74. The second-order valence-corrected chi connectivity index (χ2v) is 5.15. The fraction of sp³-hybridized carbons (Fsp3) is 0.105. The predicted octanol–water partition coefficient (Wildman–Crippen LogP) is 5.26. The van der Waals surface area contributed by atoms with Crippen LogP contribution in [0.4, 0.5) is 0 Å². The fourth-order valence-electron chi connectivity index (χ4n) is 2.64. The van der Waals surface area contributed by atoms with Gasteiger partial charge >= 0.3 is 0 Å². The van der Waals surface area contributed by atoms with Crippen LogP contribution in [-0.4, -0.2) is 4.98 Å². The summed E-state index contributed by atoms with van der Waals surface area (Å²) in [4.78, 5) is 4.21. The molecule has 0 aliphatic carbocycles. The van der Waals surface area contributed by atoms with Crippen LogP contribution in [0, 0.1) is 13.8 Å². The molecule has 0 aliphatic rings. The number of hydrogen-bond donors (Lipinski definition) is 0. The van der Waals surface area contributed by atoms with Crippen molar-refractivity contribution < 1.29 is 9.90 Å². The van der Waals surface area contributed by atoms with Gasteiger partial charge in [0.25, 0.3) is 0 Å². The number of pyridine rings is 1. The molecule has 2 aromatic heterocycles. The number of para-hydroxylation sites is 1. The highest BCUT2D eigenvalue weighted by molar-refractivity contribution is 6.09. The minimum Gasteiger partial charge on any atom is -0.455 e. The number of benzene rings is 2. The van der Waals surface area contributed by atoms with E-state index in [4.69, 9.17) is 9.90 Å². The van der Waals surface area contributed by atoms with E-state index in [1.165, 1.54) is 12.1 Å². The van der Waals surface area contributed by atoms with Crippen LogP contribution in [-0.2, 0) is 0 Å². The SMILES string of the molecule is [2H]c1cc(C([2H])([2H])[2H])cc(-c2cccc3c2oc2cc(C)ccc23)n1. The van der Waals surface area contributed by atoms with Crippen molar-refractivity contribution in [3.63, 3.8) is 0 Å². The molecule has 0 aliphatic heterocycles. The Kier molecular flexibility index (Phi) is 1.83.